The number of hydrogen-bond acceptors (Lipinski definition) is 3. The van der Waals surface area contributed by atoms with Gasteiger partial charge in [-0.15, -0.1) is 11.3 Å². The molecule has 2 rings (SSSR count). The van der Waals surface area contributed by atoms with Gasteiger partial charge in [0.1, 0.15) is 4.34 Å². The minimum atomic E-state index is 0.462. The Balaban J connectivity index is 2.37. The van der Waals surface area contributed by atoms with Crippen LogP contribution >= 0.6 is 22.9 Å². The lowest BCUT2D eigenvalue weighted by molar-refractivity contribution is 0.194. The number of hydrogen-bond donors (Lipinski definition) is 1. The Labute approximate surface area is 86.6 Å². The third-order valence-corrected chi connectivity index (χ3v) is 3.82. The highest BCUT2D eigenvalue weighted by atomic mass is 35.5. The first-order valence-electron chi connectivity index (χ1n) is 4.32. The molecular formula is C9H12ClNOS. The minimum Gasteiger partial charge on any atom is -0.397 e. The Morgan fingerprint density at radius 2 is 2.38 bits per heavy atom. The third-order valence-electron chi connectivity index (χ3n) is 2.46. The topological polar surface area (TPSA) is 35.2 Å². The van der Waals surface area contributed by atoms with Crippen LogP contribution in [0.3, 0.4) is 0 Å². The van der Waals surface area contributed by atoms with Crippen LogP contribution in [0, 0.1) is 6.92 Å². The Hall–Kier alpha value is -0.250. The Morgan fingerprint density at radius 3 is 2.85 bits per heavy atom. The van der Waals surface area contributed by atoms with Gasteiger partial charge in [-0.1, -0.05) is 11.6 Å². The third kappa shape index (κ3) is 1.56. The Bertz CT molecular complexity index is 318. The van der Waals surface area contributed by atoms with Crippen molar-refractivity contribution < 1.29 is 4.74 Å². The molecule has 13 heavy (non-hydrogen) atoms. The molecule has 2 heterocycles. The first kappa shape index (κ1) is 9.31. The Morgan fingerprint density at radius 1 is 1.62 bits per heavy atom. The van der Waals surface area contributed by atoms with Crippen LogP contribution in [-0.4, -0.2) is 13.2 Å². The predicted molar refractivity (Wildman–Crippen MR) is 56.7 cm³/mol. The predicted octanol–water partition coefficient (Wildman–Crippen LogP) is 2.80. The van der Waals surface area contributed by atoms with E-state index in [0.717, 1.165) is 29.7 Å². The van der Waals surface area contributed by atoms with Crippen LogP contribution in [0.15, 0.2) is 0 Å². The number of thiophene rings is 1. The molecule has 0 aromatic carbocycles. The van der Waals surface area contributed by atoms with E-state index in [1.807, 2.05) is 0 Å². The maximum absolute atomic E-state index is 5.97. The van der Waals surface area contributed by atoms with E-state index >= 15 is 0 Å². The molecule has 2 nitrogen and oxygen atoms in total. The van der Waals surface area contributed by atoms with Crippen LogP contribution in [0.4, 0.5) is 5.69 Å². The molecule has 72 valence electrons. The molecular weight excluding hydrogens is 206 g/mol. The van der Waals surface area contributed by atoms with Crippen LogP contribution in [-0.2, 0) is 4.74 Å². The standard InChI is InChI=1S/C9H12ClNOS/c1-5-7(6-2-3-12-4-6)8(11)9(10)13-5/h6H,2-4,11H2,1H3. The van der Waals surface area contributed by atoms with Crippen LogP contribution < -0.4 is 5.73 Å². The molecule has 1 aromatic heterocycles. The van der Waals surface area contributed by atoms with Gasteiger partial charge in [-0.2, -0.15) is 0 Å². The zero-order valence-corrected chi connectivity index (χ0v) is 9.04. The van der Waals surface area contributed by atoms with E-state index in [1.165, 1.54) is 10.4 Å². The normalized spacial score (nSPS) is 22.5. The van der Waals surface area contributed by atoms with E-state index in [9.17, 15) is 0 Å². The van der Waals surface area contributed by atoms with Crippen molar-refractivity contribution in [1.82, 2.24) is 0 Å². The summed E-state index contributed by atoms with van der Waals surface area (Å²) in [6, 6.07) is 0. The molecule has 4 heteroatoms. The fourth-order valence-electron chi connectivity index (χ4n) is 1.81. The van der Waals surface area contributed by atoms with Crippen molar-refractivity contribution in [2.24, 2.45) is 0 Å². The lowest BCUT2D eigenvalue weighted by Crippen LogP contribution is -2.01. The highest BCUT2D eigenvalue weighted by Gasteiger charge is 2.24. The van der Waals surface area contributed by atoms with E-state index in [-0.39, 0.29) is 0 Å². The smallest absolute Gasteiger partial charge is 0.116 e. The van der Waals surface area contributed by atoms with Gasteiger partial charge >= 0.3 is 0 Å². The maximum Gasteiger partial charge on any atom is 0.116 e. The molecule has 0 aliphatic carbocycles. The van der Waals surface area contributed by atoms with Gasteiger partial charge in [-0.05, 0) is 18.9 Å². The minimum absolute atomic E-state index is 0.462. The zero-order chi connectivity index (χ0) is 9.42. The van der Waals surface area contributed by atoms with Crippen molar-refractivity contribution in [1.29, 1.82) is 0 Å². The average Bonchev–Trinajstić information content (AvgIpc) is 2.63. The molecule has 2 N–H and O–H groups in total. The quantitative estimate of drug-likeness (QED) is 0.785. The van der Waals surface area contributed by atoms with Crippen LogP contribution in [0.5, 0.6) is 0 Å². The molecule has 0 amide bonds. The molecule has 1 fully saturated rings. The van der Waals surface area contributed by atoms with Gasteiger partial charge in [0.15, 0.2) is 0 Å². The number of halogens is 1. The summed E-state index contributed by atoms with van der Waals surface area (Å²) in [7, 11) is 0. The summed E-state index contributed by atoms with van der Waals surface area (Å²) in [5, 5.41) is 0. The van der Waals surface area contributed by atoms with Crippen molar-refractivity contribution in [3.05, 3.63) is 14.8 Å². The van der Waals surface area contributed by atoms with E-state index in [2.05, 4.69) is 6.92 Å². The lowest BCUT2D eigenvalue weighted by Gasteiger charge is -2.08. The SMILES string of the molecule is Cc1sc(Cl)c(N)c1C1CCOC1. The second kappa shape index (κ2) is 3.48. The summed E-state index contributed by atoms with van der Waals surface area (Å²) in [5.74, 6) is 0.462. The van der Waals surface area contributed by atoms with Gasteiger partial charge in [0, 0.05) is 17.4 Å². The lowest BCUT2D eigenvalue weighted by atomic mass is 9.98. The second-order valence-electron chi connectivity index (χ2n) is 3.32. The molecule has 0 spiro atoms. The van der Waals surface area contributed by atoms with Gasteiger partial charge in [-0.25, -0.2) is 0 Å². The highest BCUT2D eigenvalue weighted by molar-refractivity contribution is 7.17. The maximum atomic E-state index is 5.97. The molecule has 1 aliphatic rings. The van der Waals surface area contributed by atoms with Gasteiger partial charge in [0.2, 0.25) is 0 Å². The number of nitrogens with two attached hydrogens (primary N) is 1. The van der Waals surface area contributed by atoms with Crippen molar-refractivity contribution in [3.63, 3.8) is 0 Å². The van der Waals surface area contributed by atoms with Gasteiger partial charge in [0.05, 0.1) is 12.3 Å². The first-order valence-corrected chi connectivity index (χ1v) is 5.51. The van der Waals surface area contributed by atoms with Crippen molar-refractivity contribution in [2.45, 2.75) is 19.3 Å². The molecule has 0 saturated carbocycles. The first-order chi connectivity index (χ1) is 6.20. The number of anilines is 1. The monoisotopic (exact) mass is 217 g/mol. The largest absolute Gasteiger partial charge is 0.397 e. The Kier molecular flexibility index (Phi) is 2.49. The van der Waals surface area contributed by atoms with E-state index in [1.54, 1.807) is 11.3 Å². The molecule has 0 bridgehead atoms. The van der Waals surface area contributed by atoms with Crippen LogP contribution in [0.2, 0.25) is 4.34 Å². The molecule has 1 atom stereocenters. The summed E-state index contributed by atoms with van der Waals surface area (Å²) in [6.45, 7) is 3.70. The number of nitrogen functional groups attached to an aromatic ring is 1. The van der Waals surface area contributed by atoms with Crippen molar-refractivity contribution >= 4 is 28.6 Å². The number of aryl methyl sites for hydroxylation is 1. The highest BCUT2D eigenvalue weighted by Crippen LogP contribution is 2.41. The summed E-state index contributed by atoms with van der Waals surface area (Å²) in [6.07, 6.45) is 1.07. The summed E-state index contributed by atoms with van der Waals surface area (Å²) >= 11 is 7.53. The fraction of sp³-hybridized carbons (Fsp3) is 0.556. The van der Waals surface area contributed by atoms with Gasteiger partial charge in [0.25, 0.3) is 0 Å². The van der Waals surface area contributed by atoms with Crippen molar-refractivity contribution in [3.8, 4) is 0 Å². The number of ether oxygens (including phenoxy) is 1. The molecule has 1 aliphatic heterocycles. The fourth-order valence-corrected chi connectivity index (χ4v) is 3.13. The molecule has 1 saturated heterocycles. The summed E-state index contributed by atoms with van der Waals surface area (Å²) in [5.41, 5.74) is 7.89. The molecule has 1 aromatic rings. The van der Waals surface area contributed by atoms with E-state index in [4.69, 9.17) is 22.1 Å². The molecule has 0 radical (unpaired) electrons. The number of rotatable bonds is 1. The van der Waals surface area contributed by atoms with Gasteiger partial charge < -0.3 is 10.5 Å². The van der Waals surface area contributed by atoms with Gasteiger partial charge in [-0.3, -0.25) is 0 Å². The van der Waals surface area contributed by atoms with E-state index in [0.29, 0.717) is 5.92 Å². The average molecular weight is 218 g/mol. The summed E-state index contributed by atoms with van der Waals surface area (Å²) < 4.78 is 6.06. The van der Waals surface area contributed by atoms with E-state index < -0.39 is 0 Å². The van der Waals surface area contributed by atoms with Crippen molar-refractivity contribution in [2.75, 3.05) is 18.9 Å². The van der Waals surface area contributed by atoms with Crippen LogP contribution in [0.1, 0.15) is 22.8 Å². The zero-order valence-electron chi connectivity index (χ0n) is 7.47. The second-order valence-corrected chi connectivity index (χ2v) is 5.15. The molecule has 1 unspecified atom stereocenters. The van der Waals surface area contributed by atoms with Crippen LogP contribution in [0.25, 0.3) is 0 Å². The summed E-state index contributed by atoms with van der Waals surface area (Å²) in [4.78, 5) is 1.23.